The maximum atomic E-state index is 13.0. The fourth-order valence-corrected chi connectivity index (χ4v) is 5.27. The molecule has 0 amide bonds. The summed E-state index contributed by atoms with van der Waals surface area (Å²) in [5, 5.41) is 0. The van der Waals surface area contributed by atoms with Crippen LogP contribution in [0.2, 0.25) is 0 Å². The molecule has 1 atom stereocenters. The monoisotopic (exact) mass is 443 g/mol. The predicted molar refractivity (Wildman–Crippen MR) is 124 cm³/mol. The molecule has 0 aromatic carbocycles. The van der Waals surface area contributed by atoms with Crippen molar-refractivity contribution in [1.29, 1.82) is 0 Å². The maximum Gasteiger partial charge on any atom is 0.343 e. The molecule has 1 fully saturated rings. The Kier molecular flexibility index (Phi) is 8.03. The van der Waals surface area contributed by atoms with Crippen LogP contribution in [-0.2, 0) is 17.7 Å². The number of esters is 1. The highest BCUT2D eigenvalue weighted by Crippen LogP contribution is 2.25. The molecule has 3 heterocycles. The molecule has 2 aliphatic heterocycles. The minimum Gasteiger partial charge on any atom is -0.491 e. The highest BCUT2D eigenvalue weighted by molar-refractivity contribution is 5.93. The molecule has 176 valence electrons. The van der Waals surface area contributed by atoms with Gasteiger partial charge in [0.25, 0.3) is 5.56 Å². The van der Waals surface area contributed by atoms with Gasteiger partial charge in [-0.05, 0) is 51.1 Å². The van der Waals surface area contributed by atoms with Gasteiger partial charge in [0, 0.05) is 50.9 Å². The number of allylic oxidation sites excluding steroid dienone is 2. The van der Waals surface area contributed by atoms with Crippen LogP contribution in [0.4, 0.5) is 0 Å². The van der Waals surface area contributed by atoms with Crippen LogP contribution in [0.15, 0.2) is 23.0 Å². The third-order valence-electron chi connectivity index (χ3n) is 7.08. The second-order valence-electron chi connectivity index (χ2n) is 9.26. The van der Waals surface area contributed by atoms with E-state index < -0.39 is 5.97 Å². The predicted octanol–water partition coefficient (Wildman–Crippen LogP) is 2.71. The minimum absolute atomic E-state index is 0.0944. The molecule has 0 N–H and O–H groups in total. The number of hydrogen-bond donors (Lipinski definition) is 0. The third-order valence-corrected chi connectivity index (χ3v) is 7.08. The van der Waals surface area contributed by atoms with Gasteiger partial charge in [-0.2, -0.15) is 0 Å². The number of likely N-dealkylation sites (tertiary alicyclic amines) is 1. The molecular weight excluding hydrogens is 406 g/mol. The minimum atomic E-state index is -0.424. The Labute approximate surface area is 191 Å². The first-order valence-electron chi connectivity index (χ1n) is 12.2. The number of pyridine rings is 1. The molecular formula is C25H37N3O4. The average Bonchev–Trinajstić information content (AvgIpc) is 3.03. The zero-order valence-corrected chi connectivity index (χ0v) is 19.4. The molecule has 1 aromatic rings. The number of carbonyl (C=O) groups is 1. The average molecular weight is 444 g/mol. The summed E-state index contributed by atoms with van der Waals surface area (Å²) < 4.78 is 12.9. The van der Waals surface area contributed by atoms with Gasteiger partial charge in [-0.15, -0.1) is 0 Å². The molecule has 1 saturated heterocycles. The van der Waals surface area contributed by atoms with Gasteiger partial charge in [-0.1, -0.05) is 18.6 Å². The summed E-state index contributed by atoms with van der Waals surface area (Å²) in [6.07, 6.45) is 12.4. The number of piperidine rings is 1. The summed E-state index contributed by atoms with van der Waals surface area (Å²) in [7, 11) is 1.39. The Hall–Kier alpha value is -2.12. The Balaban J connectivity index is 1.49. The van der Waals surface area contributed by atoms with E-state index in [0.717, 1.165) is 57.8 Å². The molecule has 1 aromatic heterocycles. The van der Waals surface area contributed by atoms with Gasteiger partial charge in [0.05, 0.1) is 7.11 Å². The standard InChI is InChI=1S/C25H37N3O4/c1-31-25(30)24-21-10-13-27(19-20-8-4-2-5-9-20)14-15-28(21)23(29)18-22(24)32-17-16-26-11-6-3-7-12-26/h2,4,18,20H,3,5-17,19H2,1H3. The van der Waals surface area contributed by atoms with Crippen LogP contribution in [0.5, 0.6) is 5.75 Å². The molecule has 0 bridgehead atoms. The van der Waals surface area contributed by atoms with Crippen molar-refractivity contribution in [2.24, 2.45) is 5.92 Å². The van der Waals surface area contributed by atoms with Crippen molar-refractivity contribution in [2.75, 3.05) is 53.0 Å². The lowest BCUT2D eigenvalue weighted by Gasteiger charge is -2.26. The number of aromatic nitrogens is 1. The van der Waals surface area contributed by atoms with Crippen LogP contribution >= 0.6 is 0 Å². The first-order chi connectivity index (χ1) is 15.7. The van der Waals surface area contributed by atoms with E-state index in [4.69, 9.17) is 9.47 Å². The van der Waals surface area contributed by atoms with Crippen molar-refractivity contribution in [1.82, 2.24) is 14.4 Å². The van der Waals surface area contributed by atoms with Crippen molar-refractivity contribution in [3.05, 3.63) is 39.8 Å². The Morgan fingerprint density at radius 1 is 1.06 bits per heavy atom. The van der Waals surface area contributed by atoms with Gasteiger partial charge in [-0.3, -0.25) is 9.69 Å². The van der Waals surface area contributed by atoms with Crippen molar-refractivity contribution < 1.29 is 14.3 Å². The number of ether oxygens (including phenoxy) is 2. The molecule has 3 aliphatic rings. The van der Waals surface area contributed by atoms with E-state index in [0.29, 0.717) is 36.8 Å². The van der Waals surface area contributed by atoms with E-state index >= 15 is 0 Å². The van der Waals surface area contributed by atoms with Crippen molar-refractivity contribution in [3.63, 3.8) is 0 Å². The van der Waals surface area contributed by atoms with Gasteiger partial charge >= 0.3 is 5.97 Å². The van der Waals surface area contributed by atoms with E-state index in [-0.39, 0.29) is 5.56 Å². The molecule has 0 saturated carbocycles. The van der Waals surface area contributed by atoms with Gasteiger partial charge in [0.15, 0.2) is 0 Å². The summed E-state index contributed by atoms with van der Waals surface area (Å²) in [6.45, 7) is 6.74. The van der Waals surface area contributed by atoms with Crippen molar-refractivity contribution in [3.8, 4) is 5.75 Å². The van der Waals surface area contributed by atoms with Crippen LogP contribution in [0.25, 0.3) is 0 Å². The zero-order valence-electron chi connectivity index (χ0n) is 19.4. The quantitative estimate of drug-likeness (QED) is 0.477. The van der Waals surface area contributed by atoms with E-state index in [2.05, 4.69) is 22.0 Å². The van der Waals surface area contributed by atoms with Gasteiger partial charge < -0.3 is 18.9 Å². The molecule has 0 radical (unpaired) electrons. The lowest BCUT2D eigenvalue weighted by Crippen LogP contribution is -2.34. The summed E-state index contributed by atoms with van der Waals surface area (Å²) in [5.74, 6) is 0.621. The van der Waals surface area contributed by atoms with Crippen molar-refractivity contribution in [2.45, 2.75) is 51.5 Å². The van der Waals surface area contributed by atoms with E-state index in [9.17, 15) is 9.59 Å². The molecule has 7 heteroatoms. The largest absolute Gasteiger partial charge is 0.491 e. The highest BCUT2D eigenvalue weighted by atomic mass is 16.5. The first-order valence-corrected chi connectivity index (χ1v) is 12.2. The van der Waals surface area contributed by atoms with Crippen LogP contribution in [0.3, 0.4) is 0 Å². The Morgan fingerprint density at radius 3 is 2.66 bits per heavy atom. The fraction of sp³-hybridized carbons (Fsp3) is 0.680. The molecule has 7 nitrogen and oxygen atoms in total. The normalized spacial score (nSPS) is 22.2. The fourth-order valence-electron chi connectivity index (χ4n) is 5.27. The van der Waals surface area contributed by atoms with Crippen LogP contribution < -0.4 is 10.3 Å². The number of hydrogen-bond acceptors (Lipinski definition) is 6. The smallest absolute Gasteiger partial charge is 0.343 e. The number of rotatable bonds is 7. The number of nitrogens with zero attached hydrogens (tertiary/aromatic N) is 3. The van der Waals surface area contributed by atoms with Gasteiger partial charge in [-0.25, -0.2) is 4.79 Å². The number of carbonyl (C=O) groups excluding carboxylic acids is 1. The lowest BCUT2D eigenvalue weighted by molar-refractivity contribution is 0.0592. The summed E-state index contributed by atoms with van der Waals surface area (Å²) in [6, 6.07) is 1.48. The first kappa shape index (κ1) is 23.1. The number of fused-ring (bicyclic) bond motifs is 1. The summed E-state index contributed by atoms with van der Waals surface area (Å²) in [5.41, 5.74) is 1.08. The summed E-state index contributed by atoms with van der Waals surface area (Å²) in [4.78, 5) is 30.5. The molecule has 1 unspecified atom stereocenters. The Bertz CT molecular complexity index is 873. The van der Waals surface area contributed by atoms with Gasteiger partial charge in [0.1, 0.15) is 17.9 Å². The lowest BCUT2D eigenvalue weighted by atomic mass is 9.94. The van der Waals surface area contributed by atoms with Gasteiger partial charge in [0.2, 0.25) is 0 Å². The molecule has 4 rings (SSSR count). The van der Waals surface area contributed by atoms with Crippen LogP contribution in [0.1, 0.15) is 54.6 Å². The molecule has 32 heavy (non-hydrogen) atoms. The van der Waals surface area contributed by atoms with Crippen LogP contribution in [0, 0.1) is 5.92 Å². The van der Waals surface area contributed by atoms with E-state index in [1.165, 1.54) is 38.9 Å². The second kappa shape index (κ2) is 11.1. The van der Waals surface area contributed by atoms with Crippen molar-refractivity contribution >= 4 is 5.97 Å². The number of methoxy groups -OCH3 is 1. The van der Waals surface area contributed by atoms with Crippen LogP contribution in [-0.4, -0.2) is 73.3 Å². The second-order valence-corrected chi connectivity index (χ2v) is 9.26. The maximum absolute atomic E-state index is 13.0. The van der Waals surface area contributed by atoms with E-state index in [1.807, 2.05) is 0 Å². The zero-order chi connectivity index (χ0) is 22.3. The SMILES string of the molecule is COC(=O)c1c(OCCN2CCCCC2)cc(=O)n2c1CCN(CC1CC=CCC1)CC2. The molecule has 1 aliphatic carbocycles. The molecule has 0 spiro atoms. The Morgan fingerprint density at radius 2 is 1.91 bits per heavy atom. The van der Waals surface area contributed by atoms with E-state index in [1.54, 1.807) is 4.57 Å². The summed E-state index contributed by atoms with van der Waals surface area (Å²) >= 11 is 0. The highest BCUT2D eigenvalue weighted by Gasteiger charge is 2.27. The topological polar surface area (TPSA) is 64.0 Å². The third kappa shape index (κ3) is 5.62.